The van der Waals surface area contributed by atoms with Crippen LogP contribution < -0.4 is 0 Å². The van der Waals surface area contributed by atoms with Crippen LogP contribution in [0.25, 0.3) is 0 Å². The molecule has 28 heavy (non-hydrogen) atoms. The van der Waals surface area contributed by atoms with Gasteiger partial charge in [-0.1, -0.05) is 18.2 Å². The average molecular weight is 404 g/mol. The van der Waals surface area contributed by atoms with E-state index in [0.29, 0.717) is 23.5 Å². The van der Waals surface area contributed by atoms with Crippen molar-refractivity contribution in [1.82, 2.24) is 14.8 Å². The molecule has 0 N–H and O–H groups in total. The molecule has 5 nitrogen and oxygen atoms in total. The average Bonchev–Trinajstić information content (AvgIpc) is 2.86. The second-order valence-electron chi connectivity index (χ2n) is 7.30. The zero-order chi connectivity index (χ0) is 20.3. The molecule has 3 rings (SSSR count). The molecule has 2 amide bonds. The Bertz CT molecular complexity index is 867. The summed E-state index contributed by atoms with van der Waals surface area (Å²) >= 11 is 1.44. The SMILES string of the molecule is Cc1nc(C)c(C(=O)N2CCC[C@H](N(C)C(=O)Cc3ccccc3F)CC2)s1. The Hall–Kier alpha value is -2.28. The van der Waals surface area contributed by atoms with Crippen LogP contribution in [-0.4, -0.2) is 52.8 Å². The zero-order valence-corrected chi connectivity index (χ0v) is 17.4. The molecule has 150 valence electrons. The number of thiazole rings is 1. The first-order valence-corrected chi connectivity index (χ1v) is 10.4. The fourth-order valence-electron chi connectivity index (χ4n) is 3.68. The van der Waals surface area contributed by atoms with E-state index >= 15 is 0 Å². The molecule has 1 aromatic carbocycles. The number of nitrogens with zero attached hydrogens (tertiary/aromatic N) is 3. The van der Waals surface area contributed by atoms with Gasteiger partial charge in [-0.15, -0.1) is 11.3 Å². The van der Waals surface area contributed by atoms with Crippen LogP contribution in [0, 0.1) is 19.7 Å². The molecule has 1 saturated heterocycles. The highest BCUT2D eigenvalue weighted by Crippen LogP contribution is 2.23. The maximum atomic E-state index is 13.8. The summed E-state index contributed by atoms with van der Waals surface area (Å²) in [5.74, 6) is -0.412. The third-order valence-corrected chi connectivity index (χ3v) is 6.38. The number of hydrogen-bond donors (Lipinski definition) is 0. The van der Waals surface area contributed by atoms with Crippen LogP contribution in [-0.2, 0) is 11.2 Å². The number of aromatic nitrogens is 1. The van der Waals surface area contributed by atoms with Crippen molar-refractivity contribution in [2.45, 2.75) is 45.6 Å². The number of halogens is 1. The molecular formula is C21H26FN3O2S. The van der Waals surface area contributed by atoms with E-state index in [9.17, 15) is 14.0 Å². The van der Waals surface area contributed by atoms with Gasteiger partial charge in [-0.3, -0.25) is 9.59 Å². The van der Waals surface area contributed by atoms with E-state index in [-0.39, 0.29) is 30.1 Å². The number of rotatable bonds is 4. The number of hydrogen-bond acceptors (Lipinski definition) is 4. The molecule has 0 spiro atoms. The van der Waals surface area contributed by atoms with E-state index < -0.39 is 0 Å². The molecule has 1 atom stereocenters. The van der Waals surface area contributed by atoms with Gasteiger partial charge in [0.05, 0.1) is 17.1 Å². The van der Waals surface area contributed by atoms with Gasteiger partial charge in [0.2, 0.25) is 5.91 Å². The van der Waals surface area contributed by atoms with Gasteiger partial charge in [0, 0.05) is 26.2 Å². The van der Waals surface area contributed by atoms with E-state index in [4.69, 9.17) is 0 Å². The predicted octanol–water partition coefficient (Wildman–Crippen LogP) is 3.59. The van der Waals surface area contributed by atoms with Gasteiger partial charge in [0.15, 0.2) is 0 Å². The van der Waals surface area contributed by atoms with E-state index in [0.717, 1.165) is 30.0 Å². The van der Waals surface area contributed by atoms with Crippen LogP contribution >= 0.6 is 11.3 Å². The van der Waals surface area contributed by atoms with Crippen molar-refractivity contribution < 1.29 is 14.0 Å². The van der Waals surface area contributed by atoms with Gasteiger partial charge in [0.1, 0.15) is 10.7 Å². The molecular weight excluding hydrogens is 377 g/mol. The summed E-state index contributed by atoms with van der Waals surface area (Å²) in [6, 6.07) is 6.44. The Morgan fingerprint density at radius 3 is 2.68 bits per heavy atom. The highest BCUT2D eigenvalue weighted by Gasteiger charge is 2.27. The fraction of sp³-hybridized carbons (Fsp3) is 0.476. The Kier molecular flexibility index (Phi) is 6.44. The lowest BCUT2D eigenvalue weighted by Gasteiger charge is -2.27. The largest absolute Gasteiger partial charge is 0.342 e. The Morgan fingerprint density at radius 1 is 1.25 bits per heavy atom. The molecule has 0 saturated carbocycles. The topological polar surface area (TPSA) is 53.5 Å². The number of amides is 2. The molecule has 2 aromatic rings. The zero-order valence-electron chi connectivity index (χ0n) is 16.6. The van der Waals surface area contributed by atoms with Gasteiger partial charge in [-0.2, -0.15) is 0 Å². The summed E-state index contributed by atoms with van der Waals surface area (Å²) in [5.41, 5.74) is 1.20. The fourth-order valence-corrected chi connectivity index (χ4v) is 4.56. The number of carbonyl (C=O) groups is 2. The van der Waals surface area contributed by atoms with Crippen molar-refractivity contribution in [2.75, 3.05) is 20.1 Å². The standard InChI is InChI=1S/C21H26FN3O2S/c1-14-20(28-15(2)23-14)21(27)25-11-6-8-17(10-12-25)24(3)19(26)13-16-7-4-5-9-18(16)22/h4-5,7,9,17H,6,8,10-13H2,1-3H3/t17-/m0/s1. The van der Waals surface area contributed by atoms with Gasteiger partial charge in [-0.05, 0) is 44.7 Å². The van der Waals surface area contributed by atoms with Crippen LogP contribution in [0.4, 0.5) is 4.39 Å². The first-order chi connectivity index (χ1) is 13.4. The van der Waals surface area contributed by atoms with Gasteiger partial charge in [0.25, 0.3) is 5.91 Å². The Balaban J connectivity index is 1.61. The normalized spacial score (nSPS) is 17.3. The Labute approximate surface area is 169 Å². The molecule has 1 aromatic heterocycles. The maximum Gasteiger partial charge on any atom is 0.265 e. The van der Waals surface area contributed by atoms with Crippen molar-refractivity contribution in [3.8, 4) is 0 Å². The minimum absolute atomic E-state index is 0.0316. The van der Waals surface area contributed by atoms with E-state index in [1.54, 1.807) is 30.1 Å². The third-order valence-electron chi connectivity index (χ3n) is 5.32. The number of likely N-dealkylation sites (tertiary alicyclic amines) is 1. The third kappa shape index (κ3) is 4.58. The van der Waals surface area contributed by atoms with Gasteiger partial charge < -0.3 is 9.80 Å². The molecule has 0 aliphatic carbocycles. The monoisotopic (exact) mass is 403 g/mol. The second-order valence-corrected chi connectivity index (χ2v) is 8.50. The smallest absolute Gasteiger partial charge is 0.265 e. The Morgan fingerprint density at radius 2 is 2.00 bits per heavy atom. The van der Waals surface area contributed by atoms with E-state index in [2.05, 4.69) is 4.98 Å². The van der Waals surface area contributed by atoms with Crippen molar-refractivity contribution >= 4 is 23.2 Å². The molecule has 1 aliphatic rings. The maximum absolute atomic E-state index is 13.8. The number of carbonyl (C=O) groups excluding carboxylic acids is 2. The highest BCUT2D eigenvalue weighted by atomic mass is 32.1. The minimum atomic E-state index is -0.350. The van der Waals surface area contributed by atoms with Crippen LogP contribution in [0.3, 0.4) is 0 Å². The van der Waals surface area contributed by atoms with E-state index in [1.165, 1.54) is 17.4 Å². The second kappa shape index (κ2) is 8.82. The van der Waals surface area contributed by atoms with E-state index in [1.807, 2.05) is 18.7 Å². The molecule has 1 aliphatic heterocycles. The molecule has 2 heterocycles. The predicted molar refractivity (Wildman–Crippen MR) is 108 cm³/mol. The van der Waals surface area contributed by atoms with Crippen LogP contribution in [0.5, 0.6) is 0 Å². The summed E-state index contributed by atoms with van der Waals surface area (Å²) in [5, 5.41) is 0.895. The molecule has 0 bridgehead atoms. The molecule has 0 unspecified atom stereocenters. The number of benzene rings is 1. The first kappa shape index (κ1) is 20.5. The van der Waals surface area contributed by atoms with Crippen LogP contribution in [0.2, 0.25) is 0 Å². The van der Waals surface area contributed by atoms with Crippen molar-refractivity contribution in [2.24, 2.45) is 0 Å². The lowest BCUT2D eigenvalue weighted by atomic mass is 10.1. The summed E-state index contributed by atoms with van der Waals surface area (Å²) in [6.07, 6.45) is 2.46. The van der Waals surface area contributed by atoms with Gasteiger partial charge >= 0.3 is 0 Å². The van der Waals surface area contributed by atoms with Crippen molar-refractivity contribution in [3.05, 3.63) is 51.2 Å². The van der Waals surface area contributed by atoms with Crippen molar-refractivity contribution in [1.29, 1.82) is 0 Å². The molecule has 0 radical (unpaired) electrons. The van der Waals surface area contributed by atoms with Crippen molar-refractivity contribution in [3.63, 3.8) is 0 Å². The lowest BCUT2D eigenvalue weighted by Crippen LogP contribution is -2.39. The minimum Gasteiger partial charge on any atom is -0.342 e. The number of aryl methyl sites for hydroxylation is 2. The quantitative estimate of drug-likeness (QED) is 0.784. The summed E-state index contributed by atoms with van der Waals surface area (Å²) < 4.78 is 13.8. The van der Waals surface area contributed by atoms with Crippen LogP contribution in [0.15, 0.2) is 24.3 Å². The summed E-state index contributed by atoms with van der Waals surface area (Å²) in [4.78, 5) is 34.1. The molecule has 1 fully saturated rings. The molecule has 7 heteroatoms. The van der Waals surface area contributed by atoms with Crippen LogP contribution in [0.1, 0.15) is 45.2 Å². The highest BCUT2D eigenvalue weighted by molar-refractivity contribution is 7.13. The first-order valence-electron chi connectivity index (χ1n) is 9.59. The summed E-state index contributed by atoms with van der Waals surface area (Å²) in [6.45, 7) is 5.06. The lowest BCUT2D eigenvalue weighted by molar-refractivity contribution is -0.131. The number of likely N-dealkylation sites (N-methyl/N-ethyl adjacent to an activating group) is 1. The summed E-state index contributed by atoms with van der Waals surface area (Å²) in [7, 11) is 1.78. The van der Waals surface area contributed by atoms with Gasteiger partial charge in [-0.25, -0.2) is 9.37 Å².